The van der Waals surface area contributed by atoms with Crippen molar-refractivity contribution in [3.8, 4) is 0 Å². The Morgan fingerprint density at radius 3 is 2.70 bits per heavy atom. The maximum absolute atomic E-state index is 10.5. The largest absolute Gasteiger partial charge is 0.388 e. The molecule has 0 aromatic heterocycles. The molecule has 0 aromatic carbocycles. The van der Waals surface area contributed by atoms with Crippen molar-refractivity contribution in [3.05, 3.63) is 0 Å². The van der Waals surface area contributed by atoms with Crippen molar-refractivity contribution >= 4 is 12.1 Å². The van der Waals surface area contributed by atoms with Crippen LogP contribution in [0.5, 0.6) is 0 Å². The Hall–Kier alpha value is -0.740. The van der Waals surface area contributed by atoms with Gasteiger partial charge in [-0.3, -0.25) is 9.59 Å². The lowest BCUT2D eigenvalue weighted by atomic mass is 10.3. The molecule has 0 amide bonds. The molecule has 0 radical (unpaired) electrons. The first-order chi connectivity index (χ1) is 4.76. The van der Waals surface area contributed by atoms with Gasteiger partial charge in [0.05, 0.1) is 0 Å². The van der Waals surface area contributed by atoms with E-state index < -0.39 is 18.5 Å². The average molecular weight is 146 g/mol. The highest BCUT2D eigenvalue weighted by molar-refractivity contribution is 5.96. The number of aliphatic hydroxyl groups excluding tert-OH is 1. The molecule has 0 spiro atoms. The van der Waals surface area contributed by atoms with Crippen LogP contribution < -0.4 is 0 Å². The highest BCUT2D eigenvalue weighted by Gasteiger charge is 2.15. The summed E-state index contributed by atoms with van der Waals surface area (Å²) in [7, 11) is 0. The number of aldehydes is 1. The Kier molecular flexibility index (Phi) is 4.70. The second-order valence-electron chi connectivity index (χ2n) is 1.64. The SMILES string of the molecule is CCOC(C=O)C(=O)CO. The highest BCUT2D eigenvalue weighted by atomic mass is 16.5. The monoisotopic (exact) mass is 146 g/mol. The minimum absolute atomic E-state index is 0.287. The number of carbonyl (C=O) groups is 2. The van der Waals surface area contributed by atoms with E-state index in [1.807, 2.05) is 0 Å². The summed E-state index contributed by atoms with van der Waals surface area (Å²) in [6.45, 7) is 1.31. The zero-order valence-corrected chi connectivity index (χ0v) is 5.74. The number of hydrogen-bond acceptors (Lipinski definition) is 4. The summed E-state index contributed by atoms with van der Waals surface area (Å²) in [5.41, 5.74) is 0. The predicted molar refractivity (Wildman–Crippen MR) is 33.6 cm³/mol. The van der Waals surface area contributed by atoms with Crippen molar-refractivity contribution in [1.29, 1.82) is 0 Å². The van der Waals surface area contributed by atoms with Crippen molar-refractivity contribution in [1.82, 2.24) is 0 Å². The molecule has 0 rings (SSSR count). The van der Waals surface area contributed by atoms with Crippen molar-refractivity contribution in [2.75, 3.05) is 13.2 Å². The summed E-state index contributed by atoms with van der Waals surface area (Å²) in [5.74, 6) is -0.600. The predicted octanol–water partition coefficient (Wildman–Crippen LogP) is -0.848. The first-order valence-electron chi connectivity index (χ1n) is 2.96. The molecule has 4 heteroatoms. The fourth-order valence-corrected chi connectivity index (χ4v) is 0.478. The number of Topliss-reactive ketones (excluding diaryl/α,β-unsaturated/α-hetero) is 1. The molecule has 1 N–H and O–H groups in total. The van der Waals surface area contributed by atoms with Gasteiger partial charge in [0.2, 0.25) is 0 Å². The quantitative estimate of drug-likeness (QED) is 0.405. The molecule has 10 heavy (non-hydrogen) atoms. The molecule has 0 aliphatic rings. The van der Waals surface area contributed by atoms with Crippen molar-refractivity contribution < 1.29 is 19.4 Å². The lowest BCUT2D eigenvalue weighted by molar-refractivity contribution is -0.138. The van der Waals surface area contributed by atoms with Crippen LogP contribution in [-0.2, 0) is 14.3 Å². The normalized spacial score (nSPS) is 12.6. The van der Waals surface area contributed by atoms with Crippen LogP contribution in [0, 0.1) is 0 Å². The third-order valence-electron chi connectivity index (χ3n) is 0.943. The summed E-state index contributed by atoms with van der Waals surface area (Å²) < 4.78 is 4.67. The van der Waals surface area contributed by atoms with Crippen molar-refractivity contribution in [2.24, 2.45) is 0 Å². The highest BCUT2D eigenvalue weighted by Crippen LogP contribution is 1.88. The van der Waals surface area contributed by atoms with Gasteiger partial charge in [0.15, 0.2) is 18.2 Å². The molecule has 0 saturated heterocycles. The number of carbonyl (C=O) groups excluding carboxylic acids is 2. The van der Waals surface area contributed by atoms with Crippen molar-refractivity contribution in [3.63, 3.8) is 0 Å². The summed E-state index contributed by atoms with van der Waals surface area (Å²) in [4.78, 5) is 20.6. The van der Waals surface area contributed by atoms with Gasteiger partial charge in [-0.15, -0.1) is 0 Å². The lowest BCUT2D eigenvalue weighted by Crippen LogP contribution is -2.28. The second-order valence-corrected chi connectivity index (χ2v) is 1.64. The molecule has 58 valence electrons. The summed E-state index contributed by atoms with van der Waals surface area (Å²) in [6.07, 6.45) is -0.711. The van der Waals surface area contributed by atoms with Gasteiger partial charge in [-0.2, -0.15) is 0 Å². The van der Waals surface area contributed by atoms with Gasteiger partial charge in [0, 0.05) is 6.61 Å². The second kappa shape index (κ2) is 5.08. The van der Waals surface area contributed by atoms with Crippen LogP contribution >= 0.6 is 0 Å². The first-order valence-corrected chi connectivity index (χ1v) is 2.96. The van der Waals surface area contributed by atoms with Crippen LogP contribution in [0.3, 0.4) is 0 Å². The smallest absolute Gasteiger partial charge is 0.194 e. The molecule has 4 nitrogen and oxygen atoms in total. The molecular weight excluding hydrogens is 136 g/mol. The third kappa shape index (κ3) is 2.70. The molecule has 1 unspecified atom stereocenters. The molecule has 0 fully saturated rings. The fraction of sp³-hybridized carbons (Fsp3) is 0.667. The number of ether oxygens (including phenoxy) is 1. The maximum atomic E-state index is 10.5. The van der Waals surface area contributed by atoms with Crippen LogP contribution in [0.1, 0.15) is 6.92 Å². The van der Waals surface area contributed by atoms with Gasteiger partial charge in [0.25, 0.3) is 0 Å². The third-order valence-corrected chi connectivity index (χ3v) is 0.943. The maximum Gasteiger partial charge on any atom is 0.194 e. The Morgan fingerprint density at radius 2 is 2.40 bits per heavy atom. The minimum Gasteiger partial charge on any atom is -0.388 e. The van der Waals surface area contributed by atoms with E-state index in [1.165, 1.54) is 0 Å². The van der Waals surface area contributed by atoms with E-state index in [1.54, 1.807) is 6.92 Å². The number of ketones is 1. The van der Waals surface area contributed by atoms with Crippen LogP contribution in [0.25, 0.3) is 0 Å². The molecule has 0 saturated carbocycles. The van der Waals surface area contributed by atoms with Gasteiger partial charge < -0.3 is 9.84 Å². The lowest BCUT2D eigenvalue weighted by Gasteiger charge is -2.05. The van der Waals surface area contributed by atoms with E-state index in [0.29, 0.717) is 6.29 Å². The van der Waals surface area contributed by atoms with E-state index in [4.69, 9.17) is 5.11 Å². The Morgan fingerprint density at radius 1 is 1.80 bits per heavy atom. The Labute approximate surface area is 58.8 Å². The Bertz CT molecular complexity index is 121. The van der Waals surface area contributed by atoms with E-state index in [0.717, 1.165) is 0 Å². The van der Waals surface area contributed by atoms with E-state index in [2.05, 4.69) is 4.74 Å². The van der Waals surface area contributed by atoms with Gasteiger partial charge in [-0.05, 0) is 6.92 Å². The summed E-state index contributed by atoms with van der Waals surface area (Å²) in [6, 6.07) is 0. The molecule has 0 aromatic rings. The molecule has 0 heterocycles. The zero-order chi connectivity index (χ0) is 7.98. The van der Waals surface area contributed by atoms with Gasteiger partial charge in [-0.1, -0.05) is 0 Å². The number of hydrogen-bond donors (Lipinski definition) is 1. The van der Waals surface area contributed by atoms with Crippen LogP contribution in [-0.4, -0.2) is 36.5 Å². The van der Waals surface area contributed by atoms with Crippen LogP contribution in [0.15, 0.2) is 0 Å². The topological polar surface area (TPSA) is 63.6 Å². The average Bonchev–Trinajstić information content (AvgIpc) is 1.99. The van der Waals surface area contributed by atoms with E-state index >= 15 is 0 Å². The van der Waals surface area contributed by atoms with Gasteiger partial charge >= 0.3 is 0 Å². The molecule has 0 aliphatic carbocycles. The molecule has 0 aliphatic heterocycles. The van der Waals surface area contributed by atoms with Crippen LogP contribution in [0.4, 0.5) is 0 Å². The van der Waals surface area contributed by atoms with E-state index in [9.17, 15) is 9.59 Å². The summed E-state index contributed by atoms with van der Waals surface area (Å²) in [5, 5.41) is 8.27. The number of rotatable bonds is 5. The Balaban J connectivity index is 3.80. The van der Waals surface area contributed by atoms with Gasteiger partial charge in [-0.25, -0.2) is 0 Å². The molecule has 0 bridgehead atoms. The first kappa shape index (κ1) is 9.26. The van der Waals surface area contributed by atoms with Crippen LogP contribution in [0.2, 0.25) is 0 Å². The number of aliphatic hydroxyl groups is 1. The molecule has 1 atom stereocenters. The zero-order valence-electron chi connectivity index (χ0n) is 5.74. The fourth-order valence-electron chi connectivity index (χ4n) is 0.478. The van der Waals surface area contributed by atoms with Crippen molar-refractivity contribution in [2.45, 2.75) is 13.0 Å². The molecular formula is C6H10O4. The standard InChI is InChI=1S/C6H10O4/c1-2-10-6(4-8)5(9)3-7/h4,6-7H,2-3H2,1H3. The minimum atomic E-state index is -1.09. The van der Waals surface area contributed by atoms with Gasteiger partial charge in [0.1, 0.15) is 6.61 Å². The van der Waals surface area contributed by atoms with E-state index in [-0.39, 0.29) is 6.61 Å². The summed E-state index contributed by atoms with van der Waals surface area (Å²) >= 11 is 0.